The summed E-state index contributed by atoms with van der Waals surface area (Å²) in [6.45, 7) is 0.796. The van der Waals surface area contributed by atoms with Crippen LogP contribution in [0.15, 0.2) is 0 Å². The Bertz CT molecular complexity index is 162. The molecule has 0 spiro atoms. The fourth-order valence-electron chi connectivity index (χ4n) is 1.48. The first-order valence-corrected chi connectivity index (χ1v) is 3.75. The normalized spacial score (nSPS) is 31.2. The molecule has 0 amide bonds. The molecule has 1 aliphatic rings. The second-order valence-electron chi connectivity index (χ2n) is 3.09. The molecule has 0 aromatic heterocycles. The van der Waals surface area contributed by atoms with E-state index in [-0.39, 0.29) is 0 Å². The van der Waals surface area contributed by atoms with E-state index < -0.39 is 11.6 Å². The summed E-state index contributed by atoms with van der Waals surface area (Å²) in [6.07, 6.45) is 1.62. The standard InChI is InChI=1S/C7H14N2O2/c1-9(2)7(6(10)11)4-3-5-8-7/h8H,3-5H2,1-2H3,(H,10,11)/t7-/m0/s1. The van der Waals surface area contributed by atoms with Crippen molar-refractivity contribution < 1.29 is 9.90 Å². The molecular formula is C7H14N2O2. The van der Waals surface area contributed by atoms with Crippen molar-refractivity contribution in [3.8, 4) is 0 Å². The Labute approximate surface area is 66.2 Å². The third-order valence-electron chi connectivity index (χ3n) is 2.25. The predicted octanol–water partition coefficient (Wildman–Crippen LogP) is -0.288. The Morgan fingerprint density at radius 3 is 2.45 bits per heavy atom. The lowest BCUT2D eigenvalue weighted by atomic mass is 10.1. The van der Waals surface area contributed by atoms with Crippen LogP contribution in [-0.2, 0) is 4.79 Å². The number of carboxylic acids is 1. The highest BCUT2D eigenvalue weighted by molar-refractivity contribution is 5.78. The zero-order chi connectivity index (χ0) is 8.48. The third kappa shape index (κ3) is 1.23. The largest absolute Gasteiger partial charge is 0.479 e. The minimum Gasteiger partial charge on any atom is -0.479 e. The number of rotatable bonds is 2. The second-order valence-corrected chi connectivity index (χ2v) is 3.09. The van der Waals surface area contributed by atoms with E-state index in [9.17, 15) is 4.79 Å². The highest BCUT2D eigenvalue weighted by Gasteiger charge is 2.43. The zero-order valence-corrected chi connectivity index (χ0v) is 6.92. The molecule has 1 aliphatic heterocycles. The lowest BCUT2D eigenvalue weighted by molar-refractivity contribution is -0.151. The molecule has 0 unspecified atom stereocenters. The molecule has 1 rings (SSSR count). The maximum absolute atomic E-state index is 10.9. The summed E-state index contributed by atoms with van der Waals surface area (Å²) in [5.41, 5.74) is -0.806. The molecule has 4 nitrogen and oxygen atoms in total. The predicted molar refractivity (Wildman–Crippen MR) is 41.3 cm³/mol. The molecule has 4 heteroatoms. The van der Waals surface area contributed by atoms with Crippen LogP contribution in [0.4, 0.5) is 0 Å². The number of nitrogens with one attached hydrogen (secondary N) is 1. The molecular weight excluding hydrogens is 144 g/mol. The van der Waals surface area contributed by atoms with Crippen LogP contribution in [-0.4, -0.2) is 42.3 Å². The number of hydrogen-bond donors (Lipinski definition) is 2. The van der Waals surface area contributed by atoms with Gasteiger partial charge in [0.1, 0.15) is 0 Å². The van der Waals surface area contributed by atoms with Crippen LogP contribution in [0.2, 0.25) is 0 Å². The molecule has 11 heavy (non-hydrogen) atoms. The monoisotopic (exact) mass is 158 g/mol. The van der Waals surface area contributed by atoms with Gasteiger partial charge in [0.2, 0.25) is 0 Å². The highest BCUT2D eigenvalue weighted by atomic mass is 16.4. The Balaban J connectivity index is 2.79. The van der Waals surface area contributed by atoms with Crippen molar-refractivity contribution in [2.75, 3.05) is 20.6 Å². The Kier molecular flexibility index (Phi) is 2.15. The van der Waals surface area contributed by atoms with Gasteiger partial charge < -0.3 is 5.11 Å². The molecule has 0 aromatic rings. The summed E-state index contributed by atoms with van der Waals surface area (Å²) in [6, 6.07) is 0. The van der Waals surface area contributed by atoms with Gasteiger partial charge in [-0.1, -0.05) is 0 Å². The van der Waals surface area contributed by atoms with E-state index >= 15 is 0 Å². The van der Waals surface area contributed by atoms with Crippen molar-refractivity contribution >= 4 is 5.97 Å². The van der Waals surface area contributed by atoms with Gasteiger partial charge in [0.05, 0.1) is 0 Å². The lowest BCUT2D eigenvalue weighted by Gasteiger charge is -2.31. The zero-order valence-electron chi connectivity index (χ0n) is 6.92. The van der Waals surface area contributed by atoms with E-state index in [1.54, 1.807) is 19.0 Å². The van der Waals surface area contributed by atoms with Gasteiger partial charge >= 0.3 is 5.97 Å². The number of nitrogens with zero attached hydrogens (tertiary/aromatic N) is 1. The number of hydrogen-bond acceptors (Lipinski definition) is 3. The molecule has 0 aromatic carbocycles. The first kappa shape index (κ1) is 8.49. The van der Waals surface area contributed by atoms with Crippen LogP contribution in [0.1, 0.15) is 12.8 Å². The Hall–Kier alpha value is -0.610. The Morgan fingerprint density at radius 2 is 2.27 bits per heavy atom. The summed E-state index contributed by atoms with van der Waals surface area (Å²) < 4.78 is 0. The van der Waals surface area contributed by atoms with Gasteiger partial charge in [-0.25, -0.2) is 4.79 Å². The van der Waals surface area contributed by atoms with E-state index in [2.05, 4.69) is 5.32 Å². The maximum Gasteiger partial charge on any atom is 0.339 e. The smallest absolute Gasteiger partial charge is 0.339 e. The molecule has 1 atom stereocenters. The number of carbonyl (C=O) groups is 1. The van der Waals surface area contributed by atoms with Gasteiger partial charge in [-0.2, -0.15) is 0 Å². The fourth-order valence-corrected chi connectivity index (χ4v) is 1.48. The van der Waals surface area contributed by atoms with Crippen LogP contribution in [0.3, 0.4) is 0 Å². The summed E-state index contributed by atoms with van der Waals surface area (Å²) in [5.74, 6) is -0.778. The maximum atomic E-state index is 10.9. The van der Waals surface area contributed by atoms with E-state index in [1.807, 2.05) is 0 Å². The van der Waals surface area contributed by atoms with E-state index in [4.69, 9.17) is 5.11 Å². The van der Waals surface area contributed by atoms with Crippen LogP contribution in [0.5, 0.6) is 0 Å². The van der Waals surface area contributed by atoms with Crippen molar-refractivity contribution in [1.82, 2.24) is 10.2 Å². The van der Waals surface area contributed by atoms with E-state index in [0.717, 1.165) is 13.0 Å². The fraction of sp³-hybridized carbons (Fsp3) is 0.857. The first-order chi connectivity index (χ1) is 5.09. The summed E-state index contributed by atoms with van der Waals surface area (Å²) >= 11 is 0. The van der Waals surface area contributed by atoms with Gasteiger partial charge in [-0.05, 0) is 33.5 Å². The highest BCUT2D eigenvalue weighted by Crippen LogP contribution is 2.21. The van der Waals surface area contributed by atoms with Crippen LogP contribution < -0.4 is 5.32 Å². The topological polar surface area (TPSA) is 52.6 Å². The van der Waals surface area contributed by atoms with Crippen LogP contribution >= 0.6 is 0 Å². The minimum absolute atomic E-state index is 0.690. The number of aliphatic carboxylic acids is 1. The molecule has 0 aliphatic carbocycles. The molecule has 0 saturated carbocycles. The lowest BCUT2D eigenvalue weighted by Crippen LogP contribution is -2.58. The van der Waals surface area contributed by atoms with Crippen molar-refractivity contribution in [2.24, 2.45) is 0 Å². The van der Waals surface area contributed by atoms with Crippen molar-refractivity contribution in [3.05, 3.63) is 0 Å². The van der Waals surface area contributed by atoms with Gasteiger partial charge in [0, 0.05) is 0 Å². The van der Waals surface area contributed by atoms with Crippen LogP contribution in [0.25, 0.3) is 0 Å². The van der Waals surface area contributed by atoms with Crippen molar-refractivity contribution in [2.45, 2.75) is 18.5 Å². The Morgan fingerprint density at radius 1 is 1.64 bits per heavy atom. The number of likely N-dealkylation sites (N-methyl/N-ethyl adjacent to an activating group) is 1. The van der Waals surface area contributed by atoms with Gasteiger partial charge in [0.25, 0.3) is 0 Å². The SMILES string of the molecule is CN(C)[C@]1(C(=O)O)CCCN1. The summed E-state index contributed by atoms with van der Waals surface area (Å²) in [5, 5.41) is 11.9. The second kappa shape index (κ2) is 2.79. The average molecular weight is 158 g/mol. The molecule has 1 fully saturated rings. The third-order valence-corrected chi connectivity index (χ3v) is 2.25. The molecule has 1 heterocycles. The summed E-state index contributed by atoms with van der Waals surface area (Å²) in [4.78, 5) is 12.6. The molecule has 0 radical (unpaired) electrons. The quantitative estimate of drug-likeness (QED) is 0.580. The van der Waals surface area contributed by atoms with E-state index in [1.165, 1.54) is 0 Å². The molecule has 2 N–H and O–H groups in total. The molecule has 0 bridgehead atoms. The number of carboxylic acid groups (broad SMARTS) is 1. The molecule has 1 saturated heterocycles. The van der Waals surface area contributed by atoms with Crippen molar-refractivity contribution in [3.63, 3.8) is 0 Å². The molecule has 64 valence electrons. The minimum atomic E-state index is -0.806. The average Bonchev–Trinajstić information content (AvgIpc) is 2.34. The van der Waals surface area contributed by atoms with E-state index in [0.29, 0.717) is 6.42 Å². The first-order valence-electron chi connectivity index (χ1n) is 3.75. The van der Waals surface area contributed by atoms with Crippen molar-refractivity contribution in [1.29, 1.82) is 0 Å². The summed E-state index contributed by atoms with van der Waals surface area (Å²) in [7, 11) is 3.57. The van der Waals surface area contributed by atoms with Gasteiger partial charge in [-0.15, -0.1) is 0 Å². The van der Waals surface area contributed by atoms with Crippen LogP contribution in [0, 0.1) is 0 Å². The van der Waals surface area contributed by atoms with Gasteiger partial charge in [0.15, 0.2) is 5.66 Å². The van der Waals surface area contributed by atoms with Gasteiger partial charge in [-0.3, -0.25) is 10.2 Å².